The lowest BCUT2D eigenvalue weighted by molar-refractivity contribution is 0.0764. The van der Waals surface area contributed by atoms with E-state index in [1.807, 2.05) is 55.5 Å². The molecule has 2 amide bonds. The molecule has 0 unspecified atom stereocenters. The van der Waals surface area contributed by atoms with Gasteiger partial charge in [0.05, 0.1) is 59.9 Å². The molecule has 0 saturated carbocycles. The second-order valence-electron chi connectivity index (χ2n) is 13.9. The number of nitrogens with one attached hydrogen (secondary N) is 1. The fourth-order valence-corrected chi connectivity index (χ4v) is 8.33. The molecular weight excluding hydrogens is 783 g/mol. The molecule has 17 heteroatoms. The third kappa shape index (κ3) is 7.45. The predicted molar refractivity (Wildman–Crippen MR) is 221 cm³/mol. The summed E-state index contributed by atoms with van der Waals surface area (Å²) in [6, 6.07) is 20.1. The molecule has 2 aliphatic heterocycles. The average molecular weight is 824 g/mol. The van der Waals surface area contributed by atoms with Crippen molar-refractivity contribution in [2.75, 3.05) is 42.3 Å². The van der Waals surface area contributed by atoms with Crippen molar-refractivity contribution in [1.82, 2.24) is 25.2 Å². The van der Waals surface area contributed by atoms with Crippen LogP contribution in [0, 0.1) is 6.92 Å². The van der Waals surface area contributed by atoms with Gasteiger partial charge in [-0.05, 0) is 66.6 Å². The smallest absolute Gasteiger partial charge is 0.255 e. The van der Waals surface area contributed by atoms with Crippen LogP contribution in [0.1, 0.15) is 48.7 Å². The molecule has 0 fully saturated rings. The number of rotatable bonds is 10. The molecule has 58 heavy (non-hydrogen) atoms. The minimum atomic E-state index is -3.55. The maximum absolute atomic E-state index is 13.2. The minimum absolute atomic E-state index is 0.131. The number of nitrogens with zero attached hydrogens (tertiary/aromatic N) is 6. The molecule has 2 aliphatic rings. The molecule has 300 valence electrons. The van der Waals surface area contributed by atoms with E-state index >= 15 is 0 Å². The average Bonchev–Trinajstić information content (AvgIpc) is 3.75. The van der Waals surface area contributed by atoms with E-state index in [2.05, 4.69) is 20.3 Å². The highest BCUT2D eigenvalue weighted by Crippen LogP contribution is 2.44. The van der Waals surface area contributed by atoms with Crippen LogP contribution in [0.4, 0.5) is 11.4 Å². The van der Waals surface area contributed by atoms with Gasteiger partial charge < -0.3 is 19.7 Å². The number of hydrogen-bond acceptors (Lipinski definition) is 11. The van der Waals surface area contributed by atoms with Crippen LogP contribution in [0.5, 0.6) is 11.5 Å². The van der Waals surface area contributed by atoms with Gasteiger partial charge in [-0.25, -0.2) is 16.8 Å². The van der Waals surface area contributed by atoms with Crippen molar-refractivity contribution < 1.29 is 35.9 Å². The van der Waals surface area contributed by atoms with E-state index in [1.165, 1.54) is 22.7 Å². The van der Waals surface area contributed by atoms with E-state index < -0.39 is 20.0 Å². The SMILES string of the molecule is COc1ccc(COc2c3c(c(N(C)S(C)(=O)=O)c4cccnc24)CNC3=O)cc1.Cc1c2c(c(N(C)S(C)(=O)=O)c3cccnc13)CN(Cc1ccccn1)C2=O. The van der Waals surface area contributed by atoms with E-state index in [1.54, 1.807) is 48.8 Å². The summed E-state index contributed by atoms with van der Waals surface area (Å²) in [5, 5.41) is 4.10. The molecular formula is C41H41N7O8S2. The van der Waals surface area contributed by atoms with Crippen LogP contribution in [-0.2, 0) is 46.3 Å². The van der Waals surface area contributed by atoms with Gasteiger partial charge >= 0.3 is 0 Å². The summed E-state index contributed by atoms with van der Waals surface area (Å²) in [7, 11) is -2.48. The van der Waals surface area contributed by atoms with E-state index in [4.69, 9.17) is 9.47 Å². The summed E-state index contributed by atoms with van der Waals surface area (Å²) in [5.41, 5.74) is 6.62. The highest BCUT2D eigenvalue weighted by molar-refractivity contribution is 7.92. The van der Waals surface area contributed by atoms with Gasteiger partial charge in [0.25, 0.3) is 11.8 Å². The Balaban J connectivity index is 0.000000177. The van der Waals surface area contributed by atoms with Gasteiger partial charge in [0.15, 0.2) is 5.75 Å². The van der Waals surface area contributed by atoms with E-state index in [0.29, 0.717) is 68.9 Å². The number of anilines is 2. The molecule has 6 aromatic rings. The summed E-state index contributed by atoms with van der Waals surface area (Å²) >= 11 is 0. The normalized spacial score (nSPS) is 13.4. The fourth-order valence-electron chi connectivity index (χ4n) is 7.25. The number of fused-ring (bicyclic) bond motifs is 4. The lowest BCUT2D eigenvalue weighted by Crippen LogP contribution is -2.26. The van der Waals surface area contributed by atoms with Gasteiger partial charge in [-0.1, -0.05) is 18.2 Å². The standard InChI is InChI=1S/C21H21N3O5S.C20H20N4O3S/c1-24(30(3,26)27)19-15-5-4-10-22-18(15)20(17-16(19)11-23-21(17)25)29-12-13-6-8-14(28-2)9-7-13;1-13-17-16(12-24(20(17)25)11-14-7-4-5-9-21-14)19(23(2)28(3,26)27)15-8-6-10-22-18(13)15/h4-10H,11-12H2,1-3H3,(H,23,25);4-10H,11-12H2,1-3H3. The number of aryl methyl sites for hydroxylation is 1. The number of ether oxygens (including phenoxy) is 2. The molecule has 8 rings (SSSR count). The number of aromatic nitrogens is 3. The molecule has 0 bridgehead atoms. The van der Waals surface area contributed by atoms with Gasteiger partial charge in [-0.2, -0.15) is 0 Å². The molecule has 0 saturated heterocycles. The van der Waals surface area contributed by atoms with Crippen molar-refractivity contribution in [3.05, 3.63) is 124 Å². The first-order valence-corrected chi connectivity index (χ1v) is 21.7. The number of carbonyl (C=O) groups is 2. The van der Waals surface area contributed by atoms with Crippen molar-refractivity contribution in [2.45, 2.75) is 33.2 Å². The Morgan fingerprint density at radius 2 is 1.36 bits per heavy atom. The molecule has 0 radical (unpaired) electrons. The Morgan fingerprint density at radius 3 is 1.97 bits per heavy atom. The lowest BCUT2D eigenvalue weighted by atomic mass is 9.97. The largest absolute Gasteiger partial charge is 0.497 e. The number of carbonyl (C=O) groups excluding carboxylic acids is 2. The van der Waals surface area contributed by atoms with Crippen LogP contribution in [-0.4, -0.2) is 82.2 Å². The molecule has 5 heterocycles. The lowest BCUT2D eigenvalue weighted by Gasteiger charge is -2.23. The second kappa shape index (κ2) is 15.5. The Bertz CT molecular complexity index is 2820. The summed E-state index contributed by atoms with van der Waals surface area (Å²) in [6.07, 6.45) is 7.21. The van der Waals surface area contributed by atoms with E-state index in [9.17, 15) is 26.4 Å². The van der Waals surface area contributed by atoms with Gasteiger partial charge in [0.1, 0.15) is 17.9 Å². The molecule has 0 aliphatic carbocycles. The number of pyridine rings is 3. The zero-order chi connectivity index (χ0) is 41.5. The molecule has 0 atom stereocenters. The Labute approximate surface area is 336 Å². The van der Waals surface area contributed by atoms with Crippen LogP contribution in [0.3, 0.4) is 0 Å². The quantitative estimate of drug-likeness (QED) is 0.198. The summed E-state index contributed by atoms with van der Waals surface area (Å²) < 4.78 is 62.8. The highest BCUT2D eigenvalue weighted by atomic mass is 32.2. The number of methoxy groups -OCH3 is 1. The van der Waals surface area contributed by atoms with Crippen molar-refractivity contribution >= 4 is 65.0 Å². The first-order chi connectivity index (χ1) is 27.6. The van der Waals surface area contributed by atoms with Gasteiger partial charge in [-0.15, -0.1) is 0 Å². The third-order valence-electron chi connectivity index (χ3n) is 10.2. The van der Waals surface area contributed by atoms with E-state index in [0.717, 1.165) is 40.5 Å². The summed E-state index contributed by atoms with van der Waals surface area (Å²) in [6.45, 7) is 2.98. The zero-order valence-corrected chi connectivity index (χ0v) is 34.3. The van der Waals surface area contributed by atoms with Crippen molar-refractivity contribution in [3.63, 3.8) is 0 Å². The maximum Gasteiger partial charge on any atom is 0.255 e. The first-order valence-electron chi connectivity index (χ1n) is 18.0. The maximum atomic E-state index is 13.2. The zero-order valence-electron chi connectivity index (χ0n) is 32.7. The van der Waals surface area contributed by atoms with Crippen molar-refractivity contribution in [3.8, 4) is 11.5 Å². The Hall–Kier alpha value is -6.33. The minimum Gasteiger partial charge on any atom is -0.497 e. The molecule has 0 spiro atoms. The van der Waals surface area contributed by atoms with Gasteiger partial charge in [0, 0.05) is 67.7 Å². The summed E-state index contributed by atoms with van der Waals surface area (Å²) in [5.74, 6) is 0.635. The third-order valence-corrected chi connectivity index (χ3v) is 12.6. The number of hydrogen-bond donors (Lipinski definition) is 1. The second-order valence-corrected chi connectivity index (χ2v) is 17.9. The van der Waals surface area contributed by atoms with Gasteiger partial charge in [0.2, 0.25) is 20.0 Å². The summed E-state index contributed by atoms with van der Waals surface area (Å²) in [4.78, 5) is 40.7. The first kappa shape index (κ1) is 39.9. The number of benzene rings is 3. The number of amides is 2. The van der Waals surface area contributed by atoms with Crippen molar-refractivity contribution in [1.29, 1.82) is 0 Å². The monoisotopic (exact) mass is 823 g/mol. The highest BCUT2D eigenvalue weighted by Gasteiger charge is 2.36. The number of sulfonamides is 2. The van der Waals surface area contributed by atoms with Crippen LogP contribution < -0.4 is 23.4 Å². The van der Waals surface area contributed by atoms with Crippen molar-refractivity contribution in [2.24, 2.45) is 0 Å². The van der Waals surface area contributed by atoms with E-state index in [-0.39, 0.29) is 25.0 Å². The van der Waals surface area contributed by atoms with Crippen LogP contribution in [0.2, 0.25) is 0 Å². The molecule has 15 nitrogen and oxygen atoms in total. The van der Waals surface area contributed by atoms with Crippen LogP contribution in [0.25, 0.3) is 21.8 Å². The Morgan fingerprint density at radius 1 is 0.759 bits per heavy atom. The molecule has 3 aromatic heterocycles. The van der Waals surface area contributed by atoms with Crippen LogP contribution in [0.15, 0.2) is 85.3 Å². The topological polar surface area (TPSA) is 181 Å². The van der Waals surface area contributed by atoms with Gasteiger partial charge in [-0.3, -0.25) is 33.2 Å². The predicted octanol–water partition coefficient (Wildman–Crippen LogP) is 4.95. The van der Waals surface area contributed by atoms with Crippen LogP contribution >= 0.6 is 0 Å². The Kier molecular flexibility index (Phi) is 10.7. The fraction of sp³-hybridized carbons (Fsp3) is 0.244. The molecule has 1 N–H and O–H groups in total. The molecule has 3 aromatic carbocycles.